The van der Waals surface area contributed by atoms with Gasteiger partial charge in [0, 0.05) is 19.3 Å². The Morgan fingerprint density at radius 1 is 0.314 bits per heavy atom. The van der Waals surface area contributed by atoms with Crippen LogP contribution in [0.25, 0.3) is 0 Å². The molecule has 0 spiro atoms. The van der Waals surface area contributed by atoms with Crippen molar-refractivity contribution < 1.29 is 28.6 Å². The van der Waals surface area contributed by atoms with Crippen molar-refractivity contribution in [2.45, 2.75) is 258 Å². The normalized spacial score (nSPS) is 11.8. The molecule has 0 rings (SSSR count). The lowest BCUT2D eigenvalue weighted by Gasteiger charge is -2.18. The molecule has 0 bridgehead atoms. The molecule has 0 heterocycles. The van der Waals surface area contributed by atoms with Gasteiger partial charge in [-0.05, 0) is 19.3 Å². The summed E-state index contributed by atoms with van der Waals surface area (Å²) in [6.07, 6.45) is 40.8. The van der Waals surface area contributed by atoms with Crippen molar-refractivity contribution in [1.29, 1.82) is 0 Å². The van der Waals surface area contributed by atoms with Crippen molar-refractivity contribution in [2.24, 2.45) is 0 Å². The molecule has 0 unspecified atom stereocenters. The van der Waals surface area contributed by atoms with Gasteiger partial charge in [0.2, 0.25) is 0 Å². The van der Waals surface area contributed by atoms with Gasteiger partial charge in [-0.3, -0.25) is 14.4 Å². The van der Waals surface area contributed by atoms with Gasteiger partial charge in [0.15, 0.2) is 6.10 Å². The summed E-state index contributed by atoms with van der Waals surface area (Å²) in [5.74, 6) is -0.854. The number of ether oxygens (including phenoxy) is 3. The first-order chi connectivity index (χ1) is 25.0. The highest BCUT2D eigenvalue weighted by Crippen LogP contribution is 2.15. The lowest BCUT2D eigenvalue weighted by atomic mass is 10.0. The Labute approximate surface area is 317 Å². The molecule has 0 aliphatic carbocycles. The van der Waals surface area contributed by atoms with Gasteiger partial charge in [-0.2, -0.15) is 0 Å². The number of rotatable bonds is 41. The van der Waals surface area contributed by atoms with E-state index < -0.39 is 6.10 Å². The van der Waals surface area contributed by atoms with Gasteiger partial charge in [0.05, 0.1) is 0 Å². The number of hydrogen-bond donors (Lipinski definition) is 0. The average molecular weight is 723 g/mol. The minimum Gasteiger partial charge on any atom is -0.462 e. The summed E-state index contributed by atoms with van der Waals surface area (Å²) in [6.45, 7) is 6.63. The summed E-state index contributed by atoms with van der Waals surface area (Å²) in [5, 5.41) is 0. The molecule has 0 aromatic carbocycles. The fourth-order valence-corrected chi connectivity index (χ4v) is 6.68. The highest BCUT2D eigenvalue weighted by Gasteiger charge is 2.19. The number of unbranched alkanes of at least 4 members (excludes halogenated alkanes) is 30. The second kappa shape index (κ2) is 41.2. The van der Waals surface area contributed by atoms with Gasteiger partial charge in [-0.15, -0.1) is 0 Å². The quantitative estimate of drug-likeness (QED) is 0.0355. The summed E-state index contributed by atoms with van der Waals surface area (Å²) < 4.78 is 16.7. The smallest absolute Gasteiger partial charge is 0.306 e. The first-order valence-electron chi connectivity index (χ1n) is 22.5. The molecular formula is C45H86O6. The maximum absolute atomic E-state index is 12.7. The molecule has 6 nitrogen and oxygen atoms in total. The van der Waals surface area contributed by atoms with Gasteiger partial charge in [0.1, 0.15) is 13.2 Å². The van der Waals surface area contributed by atoms with E-state index in [0.717, 1.165) is 57.8 Å². The molecule has 0 amide bonds. The molecule has 0 aliphatic heterocycles. The van der Waals surface area contributed by atoms with Crippen LogP contribution in [0.4, 0.5) is 0 Å². The first-order valence-corrected chi connectivity index (χ1v) is 22.5. The van der Waals surface area contributed by atoms with Gasteiger partial charge < -0.3 is 14.2 Å². The molecule has 0 N–H and O–H groups in total. The van der Waals surface area contributed by atoms with Crippen LogP contribution < -0.4 is 0 Å². The van der Waals surface area contributed by atoms with E-state index in [-0.39, 0.29) is 31.1 Å². The second-order valence-corrected chi connectivity index (χ2v) is 15.3. The largest absolute Gasteiger partial charge is 0.462 e. The maximum atomic E-state index is 12.7. The van der Waals surface area contributed by atoms with E-state index in [9.17, 15) is 14.4 Å². The van der Waals surface area contributed by atoms with E-state index >= 15 is 0 Å². The van der Waals surface area contributed by atoms with Crippen LogP contribution in [0, 0.1) is 0 Å². The van der Waals surface area contributed by atoms with Crippen molar-refractivity contribution in [3.8, 4) is 0 Å². The molecule has 0 aromatic rings. The highest BCUT2D eigenvalue weighted by molar-refractivity contribution is 5.71. The van der Waals surface area contributed by atoms with Crippen molar-refractivity contribution in [3.63, 3.8) is 0 Å². The molecular weight excluding hydrogens is 636 g/mol. The first kappa shape index (κ1) is 49.4. The third kappa shape index (κ3) is 39.5. The molecule has 0 aliphatic rings. The van der Waals surface area contributed by atoms with E-state index in [1.165, 1.54) is 154 Å². The number of esters is 3. The van der Waals surface area contributed by atoms with Crippen LogP contribution >= 0.6 is 0 Å². The zero-order valence-electron chi connectivity index (χ0n) is 34.4. The van der Waals surface area contributed by atoms with Gasteiger partial charge in [-0.1, -0.05) is 213 Å². The van der Waals surface area contributed by atoms with Gasteiger partial charge in [0.25, 0.3) is 0 Å². The van der Waals surface area contributed by atoms with Gasteiger partial charge in [-0.25, -0.2) is 0 Å². The third-order valence-corrected chi connectivity index (χ3v) is 10.1. The van der Waals surface area contributed by atoms with Crippen molar-refractivity contribution in [3.05, 3.63) is 0 Å². The van der Waals surface area contributed by atoms with Crippen molar-refractivity contribution >= 4 is 17.9 Å². The van der Waals surface area contributed by atoms with E-state index in [0.29, 0.717) is 19.3 Å². The Morgan fingerprint density at radius 2 is 0.529 bits per heavy atom. The lowest BCUT2D eigenvalue weighted by molar-refractivity contribution is -0.167. The minimum atomic E-state index is -0.757. The van der Waals surface area contributed by atoms with E-state index in [1.807, 2.05) is 0 Å². The van der Waals surface area contributed by atoms with Crippen LogP contribution in [0.2, 0.25) is 0 Å². The van der Waals surface area contributed by atoms with Crippen molar-refractivity contribution in [2.75, 3.05) is 13.2 Å². The van der Waals surface area contributed by atoms with Crippen molar-refractivity contribution in [1.82, 2.24) is 0 Å². The minimum absolute atomic E-state index is 0.0629. The Bertz CT molecular complexity index is 753. The number of carbonyl (C=O) groups excluding carboxylic acids is 3. The molecule has 6 heteroatoms. The molecule has 0 aromatic heterocycles. The highest BCUT2D eigenvalue weighted by atomic mass is 16.6. The van der Waals surface area contributed by atoms with Gasteiger partial charge >= 0.3 is 17.9 Å². The standard InChI is InChI=1S/C45H86O6/c1-4-7-10-13-16-19-22-24-27-29-32-35-38-44(47)50-41-42(51-45(48)39-36-33-30-25-21-18-15-12-9-6-3)40-49-43(46)37-34-31-28-26-23-20-17-14-11-8-5-2/h42H,4-41H2,1-3H3/t42-/m0/s1. The molecule has 0 saturated carbocycles. The van der Waals surface area contributed by atoms with E-state index in [2.05, 4.69) is 20.8 Å². The second-order valence-electron chi connectivity index (χ2n) is 15.3. The molecule has 302 valence electrons. The topological polar surface area (TPSA) is 78.9 Å². The summed E-state index contributed by atoms with van der Waals surface area (Å²) in [6, 6.07) is 0. The van der Waals surface area contributed by atoms with Crippen LogP contribution in [0.1, 0.15) is 252 Å². The predicted octanol–water partition coefficient (Wildman–Crippen LogP) is 14.1. The van der Waals surface area contributed by atoms with Crippen LogP contribution in [0.15, 0.2) is 0 Å². The molecule has 0 saturated heterocycles. The van der Waals surface area contributed by atoms with Crippen LogP contribution in [-0.4, -0.2) is 37.2 Å². The lowest BCUT2D eigenvalue weighted by Crippen LogP contribution is -2.30. The zero-order valence-corrected chi connectivity index (χ0v) is 34.4. The van der Waals surface area contributed by atoms with Crippen LogP contribution in [0.3, 0.4) is 0 Å². The Kier molecular flexibility index (Phi) is 39.9. The fourth-order valence-electron chi connectivity index (χ4n) is 6.68. The SMILES string of the molecule is CCCCCCCCCCCCCCC(=O)OC[C@H](COC(=O)CCCCCCCCCCCCC)OC(=O)CCCCCCCCCCCC. The predicted molar refractivity (Wildman–Crippen MR) is 215 cm³/mol. The number of carbonyl (C=O) groups is 3. The zero-order chi connectivity index (χ0) is 37.3. The molecule has 1 atom stereocenters. The monoisotopic (exact) mass is 723 g/mol. The fraction of sp³-hybridized carbons (Fsp3) is 0.933. The molecule has 51 heavy (non-hydrogen) atoms. The molecule has 0 radical (unpaired) electrons. The molecule has 0 fully saturated rings. The Balaban J connectivity index is 4.31. The van der Waals surface area contributed by atoms with E-state index in [1.54, 1.807) is 0 Å². The average Bonchev–Trinajstić information content (AvgIpc) is 3.12. The Hall–Kier alpha value is -1.59. The summed E-state index contributed by atoms with van der Waals surface area (Å²) >= 11 is 0. The van der Waals surface area contributed by atoms with Crippen LogP contribution in [-0.2, 0) is 28.6 Å². The van der Waals surface area contributed by atoms with E-state index in [4.69, 9.17) is 14.2 Å². The Morgan fingerprint density at radius 3 is 0.784 bits per heavy atom. The third-order valence-electron chi connectivity index (χ3n) is 10.1. The summed E-state index contributed by atoms with van der Waals surface area (Å²) in [7, 11) is 0. The summed E-state index contributed by atoms with van der Waals surface area (Å²) in [4.78, 5) is 37.6. The van der Waals surface area contributed by atoms with Crippen LogP contribution in [0.5, 0.6) is 0 Å². The number of hydrogen-bond acceptors (Lipinski definition) is 6. The maximum Gasteiger partial charge on any atom is 0.306 e. The summed E-state index contributed by atoms with van der Waals surface area (Å²) in [5.41, 5.74) is 0.